The zero-order chi connectivity index (χ0) is 10.4. The number of hydrogen-bond acceptors (Lipinski definition) is 2. The second kappa shape index (κ2) is 6.73. The molecule has 0 aromatic rings. The molecule has 1 nitrogen and oxygen atoms in total. The van der Waals surface area contributed by atoms with Gasteiger partial charge in [0.1, 0.15) is 0 Å². The van der Waals surface area contributed by atoms with Crippen molar-refractivity contribution < 1.29 is 0 Å². The van der Waals surface area contributed by atoms with Crippen molar-refractivity contribution >= 4 is 12.6 Å². The van der Waals surface area contributed by atoms with E-state index in [0.29, 0.717) is 0 Å². The van der Waals surface area contributed by atoms with Gasteiger partial charge in [-0.25, -0.2) is 0 Å². The molecular formula is C12H25NS. The molecule has 0 amide bonds. The second-order valence-electron chi connectivity index (χ2n) is 4.72. The Morgan fingerprint density at radius 3 is 2.86 bits per heavy atom. The summed E-state index contributed by atoms with van der Waals surface area (Å²) in [5.41, 5.74) is 0. The predicted octanol–water partition coefficient (Wildman–Crippen LogP) is 3.21. The first-order chi connectivity index (χ1) is 6.77. The largest absolute Gasteiger partial charge is 0.300 e. The Hall–Kier alpha value is 0.310. The van der Waals surface area contributed by atoms with E-state index in [0.717, 1.165) is 17.7 Å². The van der Waals surface area contributed by atoms with E-state index in [1.165, 1.54) is 45.2 Å². The normalized spacial score (nSPS) is 26.4. The molecule has 0 aliphatic carbocycles. The van der Waals surface area contributed by atoms with Crippen LogP contribution >= 0.6 is 12.6 Å². The molecule has 2 unspecified atom stereocenters. The van der Waals surface area contributed by atoms with Gasteiger partial charge in [-0.15, -0.1) is 0 Å². The van der Waals surface area contributed by atoms with Gasteiger partial charge in [0, 0.05) is 12.6 Å². The first-order valence-corrected chi connectivity index (χ1v) is 6.76. The molecule has 14 heavy (non-hydrogen) atoms. The van der Waals surface area contributed by atoms with Crippen LogP contribution in [0.3, 0.4) is 0 Å². The summed E-state index contributed by atoms with van der Waals surface area (Å²) in [7, 11) is 0. The fourth-order valence-electron chi connectivity index (χ4n) is 2.42. The third kappa shape index (κ3) is 3.82. The molecule has 0 aromatic heterocycles. The lowest BCUT2D eigenvalue weighted by Gasteiger charge is -2.37. The van der Waals surface area contributed by atoms with Crippen LogP contribution in [0.1, 0.15) is 46.0 Å². The molecule has 0 bridgehead atoms. The van der Waals surface area contributed by atoms with Gasteiger partial charge in [0.2, 0.25) is 0 Å². The van der Waals surface area contributed by atoms with Gasteiger partial charge in [-0.05, 0) is 37.5 Å². The van der Waals surface area contributed by atoms with Gasteiger partial charge in [-0.3, -0.25) is 0 Å². The van der Waals surface area contributed by atoms with Crippen LogP contribution in [0.5, 0.6) is 0 Å². The van der Waals surface area contributed by atoms with E-state index in [1.54, 1.807) is 0 Å². The molecule has 84 valence electrons. The molecule has 0 saturated carbocycles. The summed E-state index contributed by atoms with van der Waals surface area (Å²) in [6.07, 6.45) is 6.98. The summed E-state index contributed by atoms with van der Waals surface area (Å²) in [6.45, 7) is 7.19. The van der Waals surface area contributed by atoms with Crippen molar-refractivity contribution in [2.75, 3.05) is 18.8 Å². The van der Waals surface area contributed by atoms with E-state index in [4.69, 9.17) is 0 Å². The Morgan fingerprint density at radius 2 is 2.21 bits per heavy atom. The zero-order valence-corrected chi connectivity index (χ0v) is 10.6. The van der Waals surface area contributed by atoms with Crippen LogP contribution in [-0.2, 0) is 0 Å². The average molecular weight is 215 g/mol. The van der Waals surface area contributed by atoms with Crippen LogP contribution in [-0.4, -0.2) is 29.8 Å². The van der Waals surface area contributed by atoms with E-state index in [9.17, 15) is 0 Å². The van der Waals surface area contributed by atoms with Crippen molar-refractivity contribution in [3.63, 3.8) is 0 Å². The number of rotatable bonds is 5. The van der Waals surface area contributed by atoms with E-state index in [1.807, 2.05) is 0 Å². The molecule has 0 N–H and O–H groups in total. The Morgan fingerprint density at radius 1 is 1.43 bits per heavy atom. The van der Waals surface area contributed by atoms with Crippen LogP contribution < -0.4 is 0 Å². The molecule has 1 saturated heterocycles. The zero-order valence-electron chi connectivity index (χ0n) is 9.71. The van der Waals surface area contributed by atoms with E-state index in [-0.39, 0.29) is 0 Å². The Balaban J connectivity index is 2.37. The summed E-state index contributed by atoms with van der Waals surface area (Å²) >= 11 is 4.37. The van der Waals surface area contributed by atoms with Gasteiger partial charge in [-0.1, -0.05) is 26.7 Å². The smallest absolute Gasteiger partial charge is 0.00952 e. The van der Waals surface area contributed by atoms with Gasteiger partial charge < -0.3 is 4.90 Å². The Labute approximate surface area is 94.7 Å². The Kier molecular flexibility index (Phi) is 5.95. The van der Waals surface area contributed by atoms with Crippen molar-refractivity contribution in [3.8, 4) is 0 Å². The highest BCUT2D eigenvalue weighted by atomic mass is 32.1. The van der Waals surface area contributed by atoms with Crippen molar-refractivity contribution in [3.05, 3.63) is 0 Å². The first-order valence-electron chi connectivity index (χ1n) is 6.12. The molecule has 2 heteroatoms. The van der Waals surface area contributed by atoms with Gasteiger partial charge in [0.25, 0.3) is 0 Å². The van der Waals surface area contributed by atoms with Crippen molar-refractivity contribution in [1.82, 2.24) is 4.90 Å². The third-order valence-corrected chi connectivity index (χ3v) is 3.85. The minimum absolute atomic E-state index is 0.746. The highest BCUT2D eigenvalue weighted by Gasteiger charge is 2.22. The molecule has 1 heterocycles. The summed E-state index contributed by atoms with van der Waals surface area (Å²) in [5, 5.41) is 0. The van der Waals surface area contributed by atoms with E-state index < -0.39 is 0 Å². The molecule has 1 aliphatic heterocycles. The van der Waals surface area contributed by atoms with Crippen LogP contribution in [0.4, 0.5) is 0 Å². The minimum atomic E-state index is 0.746. The average Bonchev–Trinajstić information content (AvgIpc) is 2.21. The van der Waals surface area contributed by atoms with Gasteiger partial charge in [0.05, 0.1) is 0 Å². The topological polar surface area (TPSA) is 3.24 Å². The highest BCUT2D eigenvalue weighted by molar-refractivity contribution is 7.80. The number of hydrogen-bond donors (Lipinski definition) is 1. The minimum Gasteiger partial charge on any atom is -0.300 e. The molecule has 0 radical (unpaired) electrons. The maximum Gasteiger partial charge on any atom is 0.00952 e. The molecular weight excluding hydrogens is 190 g/mol. The summed E-state index contributed by atoms with van der Waals surface area (Å²) in [6, 6.07) is 0.871. The SMILES string of the molecule is CCCC1CCCCN1CC(C)CS. The molecule has 0 spiro atoms. The molecule has 1 rings (SSSR count). The highest BCUT2D eigenvalue weighted by Crippen LogP contribution is 2.21. The van der Waals surface area contributed by atoms with Gasteiger partial charge in [-0.2, -0.15) is 12.6 Å². The fraction of sp³-hybridized carbons (Fsp3) is 1.00. The van der Waals surface area contributed by atoms with Gasteiger partial charge >= 0.3 is 0 Å². The lowest BCUT2D eigenvalue weighted by Crippen LogP contribution is -2.42. The monoisotopic (exact) mass is 215 g/mol. The molecule has 1 aliphatic rings. The van der Waals surface area contributed by atoms with E-state index >= 15 is 0 Å². The number of piperidine rings is 1. The van der Waals surface area contributed by atoms with Crippen LogP contribution in [0, 0.1) is 5.92 Å². The lowest BCUT2D eigenvalue weighted by atomic mass is 9.97. The second-order valence-corrected chi connectivity index (χ2v) is 5.09. The van der Waals surface area contributed by atoms with Crippen molar-refractivity contribution in [2.24, 2.45) is 5.92 Å². The number of likely N-dealkylation sites (tertiary alicyclic amines) is 1. The van der Waals surface area contributed by atoms with Crippen LogP contribution in [0.25, 0.3) is 0 Å². The summed E-state index contributed by atoms with van der Waals surface area (Å²) < 4.78 is 0. The predicted molar refractivity (Wildman–Crippen MR) is 67.1 cm³/mol. The molecule has 2 atom stereocenters. The first kappa shape index (κ1) is 12.4. The molecule has 0 aromatic carbocycles. The maximum atomic E-state index is 4.37. The quantitative estimate of drug-likeness (QED) is 0.689. The Bertz CT molecular complexity index is 147. The summed E-state index contributed by atoms with van der Waals surface area (Å²) in [4.78, 5) is 2.70. The van der Waals surface area contributed by atoms with Crippen LogP contribution in [0.15, 0.2) is 0 Å². The van der Waals surface area contributed by atoms with E-state index in [2.05, 4.69) is 31.4 Å². The molecule has 1 fully saturated rings. The number of nitrogens with zero attached hydrogens (tertiary/aromatic N) is 1. The summed E-state index contributed by atoms with van der Waals surface area (Å²) in [5.74, 6) is 1.77. The van der Waals surface area contributed by atoms with Crippen molar-refractivity contribution in [1.29, 1.82) is 0 Å². The fourth-order valence-corrected chi connectivity index (χ4v) is 2.53. The van der Waals surface area contributed by atoms with Crippen LogP contribution in [0.2, 0.25) is 0 Å². The van der Waals surface area contributed by atoms with Crippen molar-refractivity contribution in [2.45, 2.75) is 52.0 Å². The van der Waals surface area contributed by atoms with Gasteiger partial charge in [0.15, 0.2) is 0 Å². The maximum absolute atomic E-state index is 4.37. The number of thiol groups is 1. The third-order valence-electron chi connectivity index (χ3n) is 3.23. The lowest BCUT2D eigenvalue weighted by molar-refractivity contribution is 0.125. The standard InChI is InChI=1S/C12H25NS/c1-3-6-12-7-4-5-8-13(12)9-11(2)10-14/h11-12,14H,3-10H2,1-2H3.